The molecule has 6 heteroatoms. The highest BCUT2D eigenvalue weighted by molar-refractivity contribution is 5.82. The molecule has 1 N–H and O–H groups in total. The van der Waals surface area contributed by atoms with Gasteiger partial charge in [-0.1, -0.05) is 6.92 Å². The normalized spacial score (nSPS) is 18.4. The minimum atomic E-state index is 0.0260. The Morgan fingerprint density at radius 3 is 2.63 bits per heavy atom. The Bertz CT molecular complexity index is 793. The lowest BCUT2D eigenvalue weighted by Gasteiger charge is -2.33. The van der Waals surface area contributed by atoms with Gasteiger partial charge in [-0.3, -0.25) is 9.69 Å². The Morgan fingerprint density at radius 2 is 1.96 bits per heavy atom. The predicted octanol–water partition coefficient (Wildman–Crippen LogP) is 2.84. The van der Waals surface area contributed by atoms with Crippen molar-refractivity contribution in [2.75, 3.05) is 26.7 Å². The number of fused-ring (bicyclic) bond motifs is 1. The highest BCUT2D eigenvalue weighted by Gasteiger charge is 2.32. The number of benzene rings is 1. The van der Waals surface area contributed by atoms with Crippen molar-refractivity contribution in [1.82, 2.24) is 19.8 Å². The van der Waals surface area contributed by atoms with E-state index in [1.807, 2.05) is 29.2 Å². The fraction of sp³-hybridized carbons (Fsp3) is 0.524. The maximum Gasteiger partial charge on any atom is 0.240 e. The number of imidazole rings is 1. The zero-order chi connectivity index (χ0) is 18.8. The number of carbonyl (C=O) groups is 1. The summed E-state index contributed by atoms with van der Waals surface area (Å²) in [6.07, 6.45) is 4.10. The number of carbonyl (C=O) groups excluding carboxylic acids is 1. The van der Waals surface area contributed by atoms with Gasteiger partial charge in [-0.15, -0.1) is 0 Å². The molecule has 1 saturated heterocycles. The number of aromatic amines is 1. The summed E-state index contributed by atoms with van der Waals surface area (Å²) in [6.45, 7) is 5.60. The molecule has 27 heavy (non-hydrogen) atoms. The van der Waals surface area contributed by atoms with Crippen molar-refractivity contribution >= 4 is 5.91 Å². The number of nitrogens with one attached hydrogen (secondary N) is 1. The maximum atomic E-state index is 13.1. The molecule has 6 nitrogen and oxygen atoms in total. The van der Waals surface area contributed by atoms with Gasteiger partial charge in [0, 0.05) is 18.5 Å². The lowest BCUT2D eigenvalue weighted by atomic mass is 10.1. The van der Waals surface area contributed by atoms with Gasteiger partial charge in [0.15, 0.2) is 0 Å². The smallest absolute Gasteiger partial charge is 0.240 e. The Kier molecular flexibility index (Phi) is 5.16. The highest BCUT2D eigenvalue weighted by Crippen LogP contribution is 2.26. The molecule has 1 aromatic heterocycles. The van der Waals surface area contributed by atoms with Gasteiger partial charge in [0.2, 0.25) is 5.91 Å². The molecule has 1 amide bonds. The Morgan fingerprint density at radius 1 is 1.22 bits per heavy atom. The van der Waals surface area contributed by atoms with E-state index in [-0.39, 0.29) is 11.9 Å². The van der Waals surface area contributed by atoms with Crippen LogP contribution in [0.1, 0.15) is 37.6 Å². The molecule has 1 aromatic carbocycles. The minimum absolute atomic E-state index is 0.0260. The quantitative estimate of drug-likeness (QED) is 0.882. The number of rotatable bonds is 5. The van der Waals surface area contributed by atoms with Crippen molar-refractivity contribution in [2.45, 2.75) is 45.2 Å². The second-order valence-electron chi connectivity index (χ2n) is 7.42. The van der Waals surface area contributed by atoms with Gasteiger partial charge in [0.05, 0.1) is 31.1 Å². The van der Waals surface area contributed by atoms with Crippen molar-refractivity contribution in [3.05, 3.63) is 35.7 Å². The summed E-state index contributed by atoms with van der Waals surface area (Å²) in [5.41, 5.74) is 3.18. The Labute approximate surface area is 160 Å². The van der Waals surface area contributed by atoms with E-state index in [0.717, 1.165) is 61.0 Å². The predicted molar refractivity (Wildman–Crippen MR) is 105 cm³/mol. The second-order valence-corrected chi connectivity index (χ2v) is 7.42. The van der Waals surface area contributed by atoms with Gasteiger partial charge < -0.3 is 14.6 Å². The molecule has 0 unspecified atom stereocenters. The summed E-state index contributed by atoms with van der Waals surface area (Å²) >= 11 is 0. The number of ether oxygens (including phenoxy) is 1. The molecule has 0 radical (unpaired) electrons. The first-order chi connectivity index (χ1) is 13.2. The Balaban J connectivity index is 1.49. The molecule has 0 aliphatic carbocycles. The first kappa shape index (κ1) is 18.0. The molecule has 0 bridgehead atoms. The number of likely N-dealkylation sites (tertiary alicyclic amines) is 1. The molecule has 2 aliphatic rings. The lowest BCUT2D eigenvalue weighted by molar-refractivity contribution is -0.137. The first-order valence-corrected chi connectivity index (χ1v) is 9.94. The molecule has 1 fully saturated rings. The van der Waals surface area contributed by atoms with E-state index in [1.54, 1.807) is 7.11 Å². The third-order valence-corrected chi connectivity index (χ3v) is 5.76. The van der Waals surface area contributed by atoms with Crippen molar-refractivity contribution in [3.8, 4) is 17.1 Å². The van der Waals surface area contributed by atoms with Crippen molar-refractivity contribution in [3.63, 3.8) is 0 Å². The summed E-state index contributed by atoms with van der Waals surface area (Å²) in [7, 11) is 1.66. The molecule has 2 aromatic rings. The number of hydrogen-bond acceptors (Lipinski definition) is 4. The van der Waals surface area contributed by atoms with Crippen LogP contribution in [0.4, 0.5) is 0 Å². The molecule has 2 aliphatic heterocycles. The van der Waals surface area contributed by atoms with Crippen molar-refractivity contribution in [1.29, 1.82) is 0 Å². The Hall–Kier alpha value is -2.34. The highest BCUT2D eigenvalue weighted by atomic mass is 16.5. The van der Waals surface area contributed by atoms with E-state index in [9.17, 15) is 4.79 Å². The van der Waals surface area contributed by atoms with Gasteiger partial charge in [-0.25, -0.2) is 4.98 Å². The molecule has 0 spiro atoms. The average molecular weight is 368 g/mol. The van der Waals surface area contributed by atoms with Crippen LogP contribution in [0.2, 0.25) is 0 Å². The standard InChI is InChI=1S/C21H28N4O2/c1-3-19(24-11-4-5-12-24)21(26)25-13-10-17-18(14-25)23-20(22-17)15-6-8-16(27-2)9-7-15/h6-9,19H,3-5,10-14H2,1-2H3,(H,22,23)/t19-/m0/s1. The fourth-order valence-electron chi connectivity index (χ4n) is 4.22. The van der Waals surface area contributed by atoms with E-state index in [1.165, 1.54) is 12.8 Å². The number of hydrogen-bond donors (Lipinski definition) is 1. The molecular weight excluding hydrogens is 340 g/mol. The number of methoxy groups -OCH3 is 1. The number of aromatic nitrogens is 2. The van der Waals surface area contributed by atoms with Gasteiger partial charge in [-0.05, 0) is 56.6 Å². The van der Waals surface area contributed by atoms with Crippen LogP contribution in [0, 0.1) is 0 Å². The third-order valence-electron chi connectivity index (χ3n) is 5.76. The number of nitrogens with zero attached hydrogens (tertiary/aromatic N) is 3. The molecule has 1 atom stereocenters. The van der Waals surface area contributed by atoms with E-state index in [0.29, 0.717) is 6.54 Å². The second kappa shape index (κ2) is 7.72. The fourth-order valence-corrected chi connectivity index (χ4v) is 4.22. The van der Waals surface area contributed by atoms with Gasteiger partial charge in [0.25, 0.3) is 0 Å². The van der Waals surface area contributed by atoms with Crippen LogP contribution in [0.3, 0.4) is 0 Å². The van der Waals surface area contributed by atoms with Gasteiger partial charge in [-0.2, -0.15) is 0 Å². The van der Waals surface area contributed by atoms with Gasteiger partial charge in [0.1, 0.15) is 11.6 Å². The molecule has 0 saturated carbocycles. The SMILES string of the molecule is CC[C@@H](C(=O)N1CCc2nc(-c3ccc(OC)cc3)[nH]c2C1)N1CCCC1. The van der Waals surface area contributed by atoms with E-state index in [4.69, 9.17) is 9.72 Å². The lowest BCUT2D eigenvalue weighted by Crippen LogP contribution is -2.48. The van der Waals surface area contributed by atoms with E-state index in [2.05, 4.69) is 16.8 Å². The summed E-state index contributed by atoms with van der Waals surface area (Å²) in [5, 5.41) is 0. The van der Waals surface area contributed by atoms with Crippen LogP contribution in [-0.2, 0) is 17.8 Å². The van der Waals surface area contributed by atoms with Crippen molar-refractivity contribution < 1.29 is 9.53 Å². The topological polar surface area (TPSA) is 61.5 Å². The molecule has 4 rings (SSSR count). The van der Waals surface area contributed by atoms with Crippen LogP contribution in [0.15, 0.2) is 24.3 Å². The van der Waals surface area contributed by atoms with Gasteiger partial charge >= 0.3 is 0 Å². The zero-order valence-corrected chi connectivity index (χ0v) is 16.2. The summed E-state index contributed by atoms with van der Waals surface area (Å²) < 4.78 is 5.22. The first-order valence-electron chi connectivity index (χ1n) is 9.94. The number of H-pyrrole nitrogens is 1. The van der Waals surface area contributed by atoms with E-state index >= 15 is 0 Å². The van der Waals surface area contributed by atoms with E-state index < -0.39 is 0 Å². The monoisotopic (exact) mass is 368 g/mol. The summed E-state index contributed by atoms with van der Waals surface area (Å²) in [5.74, 6) is 1.97. The van der Waals surface area contributed by atoms with Crippen LogP contribution < -0.4 is 4.74 Å². The van der Waals surface area contributed by atoms with Crippen LogP contribution >= 0.6 is 0 Å². The maximum absolute atomic E-state index is 13.1. The molecular formula is C21H28N4O2. The molecule has 3 heterocycles. The largest absolute Gasteiger partial charge is 0.497 e. The summed E-state index contributed by atoms with van der Waals surface area (Å²) in [4.78, 5) is 25.7. The van der Waals surface area contributed by atoms with Crippen LogP contribution in [0.5, 0.6) is 5.75 Å². The minimum Gasteiger partial charge on any atom is -0.497 e. The van der Waals surface area contributed by atoms with Crippen LogP contribution in [0.25, 0.3) is 11.4 Å². The zero-order valence-electron chi connectivity index (χ0n) is 16.2. The summed E-state index contributed by atoms with van der Waals surface area (Å²) in [6, 6.07) is 7.92. The third kappa shape index (κ3) is 3.58. The van der Waals surface area contributed by atoms with Crippen molar-refractivity contribution in [2.24, 2.45) is 0 Å². The number of amides is 1. The van der Waals surface area contributed by atoms with Crippen LogP contribution in [-0.4, -0.2) is 58.5 Å². The molecule has 144 valence electrons. The average Bonchev–Trinajstić information content (AvgIpc) is 3.38.